The molecule has 0 aromatic heterocycles. The molecule has 2 heterocycles. The highest BCUT2D eigenvalue weighted by Crippen LogP contribution is 2.39. The Morgan fingerprint density at radius 3 is 2.25 bits per heavy atom. The number of benzene rings is 2. The molecule has 3 atom stereocenters. The fourth-order valence-corrected chi connectivity index (χ4v) is 6.24. The third-order valence-electron chi connectivity index (χ3n) is 5.68. The molecule has 0 spiro atoms. The zero-order chi connectivity index (χ0) is 19.7. The summed E-state index contributed by atoms with van der Waals surface area (Å²) < 4.78 is 45.0. The molecule has 0 N–H and O–H groups in total. The lowest BCUT2D eigenvalue weighted by Gasteiger charge is -2.38. The smallest absolute Gasteiger partial charge is 0.261 e. The normalized spacial score (nSPS) is 24.2. The standard InChI is InChI=1S/C21H22FNO4S/c22-19-8-4-5-9-20(19)27-14-21(24)23-15-10-11-16(23)13-18(12-15)28(25,26)17-6-2-1-3-7-17/h1-9,15-16,18H,10-14H2/t15-,16+,18?. The molecule has 4 rings (SSSR count). The van der Waals surface area contributed by atoms with Crippen molar-refractivity contribution in [3.63, 3.8) is 0 Å². The number of para-hydroxylation sites is 1. The number of nitrogens with zero attached hydrogens (tertiary/aromatic N) is 1. The van der Waals surface area contributed by atoms with Crippen LogP contribution >= 0.6 is 0 Å². The summed E-state index contributed by atoms with van der Waals surface area (Å²) in [4.78, 5) is 14.8. The highest BCUT2D eigenvalue weighted by molar-refractivity contribution is 7.92. The minimum absolute atomic E-state index is 0.0461. The molecule has 2 saturated heterocycles. The Morgan fingerprint density at radius 2 is 1.61 bits per heavy atom. The van der Waals surface area contributed by atoms with Gasteiger partial charge in [0.15, 0.2) is 28.0 Å². The van der Waals surface area contributed by atoms with Gasteiger partial charge in [-0.2, -0.15) is 0 Å². The van der Waals surface area contributed by atoms with Crippen molar-refractivity contribution in [1.82, 2.24) is 4.90 Å². The lowest BCUT2D eigenvalue weighted by atomic mass is 10.0. The molecule has 2 aliphatic rings. The Balaban J connectivity index is 1.44. The molecule has 2 fully saturated rings. The van der Waals surface area contributed by atoms with E-state index in [1.54, 1.807) is 47.4 Å². The van der Waals surface area contributed by atoms with Crippen LogP contribution in [-0.2, 0) is 14.6 Å². The molecule has 0 radical (unpaired) electrons. The first-order valence-electron chi connectivity index (χ1n) is 9.44. The van der Waals surface area contributed by atoms with E-state index in [2.05, 4.69) is 0 Å². The average molecular weight is 403 g/mol. The van der Waals surface area contributed by atoms with Gasteiger partial charge in [0, 0.05) is 12.1 Å². The van der Waals surface area contributed by atoms with Crippen LogP contribution in [0.3, 0.4) is 0 Å². The van der Waals surface area contributed by atoms with Gasteiger partial charge in [0.1, 0.15) is 0 Å². The second-order valence-corrected chi connectivity index (χ2v) is 9.58. The number of fused-ring (bicyclic) bond motifs is 2. The van der Waals surface area contributed by atoms with Gasteiger partial charge in [0.2, 0.25) is 0 Å². The van der Waals surface area contributed by atoms with Crippen molar-refractivity contribution in [2.75, 3.05) is 6.61 Å². The lowest BCUT2D eigenvalue weighted by Crippen LogP contribution is -2.51. The summed E-state index contributed by atoms with van der Waals surface area (Å²) in [5.41, 5.74) is 0. The SMILES string of the molecule is O=C(COc1ccccc1F)N1[C@@H]2CC[C@H]1CC(S(=O)(=O)c1ccccc1)C2. The first-order valence-corrected chi connectivity index (χ1v) is 11.0. The Hall–Kier alpha value is -2.41. The minimum Gasteiger partial charge on any atom is -0.481 e. The summed E-state index contributed by atoms with van der Waals surface area (Å²) in [5.74, 6) is -0.679. The van der Waals surface area contributed by atoms with Crippen molar-refractivity contribution >= 4 is 15.7 Å². The van der Waals surface area contributed by atoms with E-state index in [-0.39, 0.29) is 30.3 Å². The first kappa shape index (κ1) is 18.9. The van der Waals surface area contributed by atoms with E-state index in [1.807, 2.05) is 0 Å². The highest BCUT2D eigenvalue weighted by Gasteiger charge is 2.47. The molecule has 148 valence electrons. The quantitative estimate of drug-likeness (QED) is 0.769. The summed E-state index contributed by atoms with van der Waals surface area (Å²) >= 11 is 0. The summed E-state index contributed by atoms with van der Waals surface area (Å²) in [6.45, 7) is -0.246. The van der Waals surface area contributed by atoms with Gasteiger partial charge in [0.25, 0.3) is 5.91 Å². The number of ether oxygens (including phenoxy) is 1. The fourth-order valence-electron chi connectivity index (χ4n) is 4.37. The molecule has 5 nitrogen and oxygen atoms in total. The van der Waals surface area contributed by atoms with Crippen LogP contribution in [0, 0.1) is 5.82 Å². The van der Waals surface area contributed by atoms with Gasteiger partial charge < -0.3 is 9.64 Å². The van der Waals surface area contributed by atoms with Crippen LogP contribution < -0.4 is 4.74 Å². The number of carbonyl (C=O) groups is 1. The second-order valence-electron chi connectivity index (χ2n) is 7.36. The van der Waals surface area contributed by atoms with Crippen LogP contribution in [0.25, 0.3) is 0 Å². The first-order chi connectivity index (χ1) is 13.5. The Morgan fingerprint density at radius 1 is 1.00 bits per heavy atom. The zero-order valence-electron chi connectivity index (χ0n) is 15.3. The van der Waals surface area contributed by atoms with Gasteiger partial charge in [0.05, 0.1) is 10.1 Å². The van der Waals surface area contributed by atoms with Gasteiger partial charge in [-0.3, -0.25) is 4.79 Å². The fraction of sp³-hybridized carbons (Fsp3) is 0.381. The summed E-state index contributed by atoms with van der Waals surface area (Å²) in [5, 5.41) is -0.482. The maximum Gasteiger partial charge on any atom is 0.261 e. The number of hydrogen-bond donors (Lipinski definition) is 0. The monoisotopic (exact) mass is 403 g/mol. The molecule has 2 aromatic carbocycles. The maximum absolute atomic E-state index is 13.7. The minimum atomic E-state index is -3.42. The van der Waals surface area contributed by atoms with E-state index in [0.29, 0.717) is 17.7 Å². The van der Waals surface area contributed by atoms with E-state index in [0.717, 1.165) is 12.8 Å². The number of rotatable bonds is 5. The summed E-state index contributed by atoms with van der Waals surface area (Å²) in [6, 6.07) is 14.2. The molecule has 7 heteroatoms. The molecular formula is C21H22FNO4S. The van der Waals surface area contributed by atoms with Crippen LogP contribution in [0.5, 0.6) is 5.75 Å². The van der Waals surface area contributed by atoms with E-state index in [1.165, 1.54) is 12.1 Å². The number of halogens is 1. The largest absolute Gasteiger partial charge is 0.481 e. The molecular weight excluding hydrogens is 381 g/mol. The van der Waals surface area contributed by atoms with Gasteiger partial charge in [-0.25, -0.2) is 12.8 Å². The van der Waals surface area contributed by atoms with Crippen LogP contribution in [0.2, 0.25) is 0 Å². The molecule has 1 amide bonds. The molecule has 2 bridgehead atoms. The van der Waals surface area contributed by atoms with Crippen molar-refractivity contribution in [1.29, 1.82) is 0 Å². The third kappa shape index (κ3) is 3.51. The third-order valence-corrected chi connectivity index (χ3v) is 7.87. The van der Waals surface area contributed by atoms with Crippen LogP contribution in [-0.4, -0.2) is 43.2 Å². The highest BCUT2D eigenvalue weighted by atomic mass is 32.2. The Bertz CT molecular complexity index is 949. The van der Waals surface area contributed by atoms with Gasteiger partial charge in [-0.15, -0.1) is 0 Å². The van der Waals surface area contributed by atoms with E-state index in [4.69, 9.17) is 4.74 Å². The maximum atomic E-state index is 13.7. The van der Waals surface area contributed by atoms with E-state index < -0.39 is 20.9 Å². The summed E-state index contributed by atoms with van der Waals surface area (Å²) in [6.07, 6.45) is 2.44. The topological polar surface area (TPSA) is 63.7 Å². The Labute approximate surface area is 164 Å². The van der Waals surface area contributed by atoms with Gasteiger partial charge >= 0.3 is 0 Å². The molecule has 1 unspecified atom stereocenters. The van der Waals surface area contributed by atoms with E-state index >= 15 is 0 Å². The van der Waals surface area contributed by atoms with Crippen LogP contribution in [0.15, 0.2) is 59.5 Å². The van der Waals surface area contributed by atoms with E-state index in [9.17, 15) is 17.6 Å². The molecule has 28 heavy (non-hydrogen) atoms. The predicted octanol–water partition coefficient (Wildman–Crippen LogP) is 3.20. The van der Waals surface area contributed by atoms with Crippen LogP contribution in [0.4, 0.5) is 4.39 Å². The second kappa shape index (κ2) is 7.54. The van der Waals surface area contributed by atoms with Gasteiger partial charge in [-0.1, -0.05) is 30.3 Å². The number of sulfone groups is 1. The molecule has 0 saturated carbocycles. The zero-order valence-corrected chi connectivity index (χ0v) is 16.1. The predicted molar refractivity (Wildman–Crippen MR) is 102 cm³/mol. The van der Waals surface area contributed by atoms with Gasteiger partial charge in [-0.05, 0) is 49.9 Å². The van der Waals surface area contributed by atoms with Crippen molar-refractivity contribution in [3.05, 3.63) is 60.4 Å². The number of hydrogen-bond acceptors (Lipinski definition) is 4. The van der Waals surface area contributed by atoms with Crippen molar-refractivity contribution in [2.45, 2.75) is 47.9 Å². The number of piperidine rings is 1. The van der Waals surface area contributed by atoms with Crippen LogP contribution in [0.1, 0.15) is 25.7 Å². The number of carbonyl (C=O) groups excluding carboxylic acids is 1. The van der Waals surface area contributed by atoms with Crippen molar-refractivity contribution in [3.8, 4) is 5.75 Å². The molecule has 2 aliphatic heterocycles. The average Bonchev–Trinajstić information content (AvgIpc) is 2.97. The lowest BCUT2D eigenvalue weighted by molar-refractivity contribution is -0.137. The van der Waals surface area contributed by atoms with Crippen molar-refractivity contribution < 1.29 is 22.3 Å². The Kier molecular flexibility index (Phi) is 5.10. The summed E-state index contributed by atoms with van der Waals surface area (Å²) in [7, 11) is -3.42. The van der Waals surface area contributed by atoms with Crippen molar-refractivity contribution in [2.24, 2.45) is 0 Å². The number of amides is 1. The molecule has 2 aromatic rings. The molecule has 0 aliphatic carbocycles.